The number of hydrogen-bond acceptors (Lipinski definition) is 6. The van der Waals surface area contributed by atoms with Gasteiger partial charge < -0.3 is 29.1 Å². The van der Waals surface area contributed by atoms with Crippen molar-refractivity contribution in [2.75, 3.05) is 32.7 Å². The van der Waals surface area contributed by atoms with E-state index in [1.165, 1.54) is 0 Å². The number of carbonyl (C=O) groups is 1. The number of likely N-dealkylation sites (tertiary alicyclic amines) is 1. The average molecular weight is 375 g/mol. The number of aromatic nitrogens is 2. The highest BCUT2D eigenvalue weighted by Gasteiger charge is 2.40. The van der Waals surface area contributed by atoms with E-state index in [0.717, 1.165) is 38.2 Å². The Labute approximate surface area is 162 Å². The summed E-state index contributed by atoms with van der Waals surface area (Å²) >= 11 is 0. The molecule has 0 aliphatic carbocycles. The molecule has 2 aliphatic heterocycles. The van der Waals surface area contributed by atoms with Crippen molar-refractivity contribution in [2.45, 2.75) is 46.0 Å². The summed E-state index contributed by atoms with van der Waals surface area (Å²) in [5.74, 6) is 0.473. The zero-order valence-electron chi connectivity index (χ0n) is 16.7. The first-order valence-electron chi connectivity index (χ1n) is 9.98. The van der Waals surface area contributed by atoms with Gasteiger partial charge in [0.25, 0.3) is 0 Å². The topological polar surface area (TPSA) is 85.1 Å². The smallest absolute Gasteiger partial charge is 0.377 e. The van der Waals surface area contributed by atoms with Crippen molar-refractivity contribution in [3.05, 3.63) is 18.2 Å². The fourth-order valence-corrected chi connectivity index (χ4v) is 4.32. The van der Waals surface area contributed by atoms with E-state index < -0.39 is 20.1 Å². The molecule has 0 spiro atoms. The molecule has 2 aliphatic rings. The van der Waals surface area contributed by atoms with Crippen molar-refractivity contribution >= 4 is 20.0 Å². The van der Waals surface area contributed by atoms with Crippen LogP contribution >= 0.6 is 0 Å². The van der Waals surface area contributed by atoms with Gasteiger partial charge in [0.2, 0.25) is 5.91 Å². The average Bonchev–Trinajstić information content (AvgIpc) is 3.05. The van der Waals surface area contributed by atoms with Crippen LogP contribution in [0.1, 0.15) is 18.5 Å². The molecule has 3 rings (SSSR count). The Morgan fingerprint density at radius 3 is 2.63 bits per heavy atom. The molecule has 8 nitrogen and oxygen atoms in total. The van der Waals surface area contributed by atoms with Crippen LogP contribution < -0.4 is 0 Å². The molecule has 2 N–H and O–H groups in total. The van der Waals surface area contributed by atoms with Gasteiger partial charge in [-0.2, -0.15) is 0 Å². The van der Waals surface area contributed by atoms with E-state index in [-0.39, 0.29) is 5.91 Å². The van der Waals surface area contributed by atoms with Crippen molar-refractivity contribution < 1.29 is 14.8 Å². The number of hydrogen-bond donors (Lipinski definition) is 2. The molecule has 0 bridgehead atoms. The largest absolute Gasteiger partial charge is 0.437 e. The Balaban J connectivity index is 1.66. The molecule has 0 aromatic carbocycles. The molecule has 10 heteroatoms. The summed E-state index contributed by atoms with van der Waals surface area (Å²) in [5.41, 5.74) is 1.01. The molecule has 2 atom stereocenters. The van der Waals surface area contributed by atoms with Crippen molar-refractivity contribution in [2.24, 2.45) is 5.92 Å². The molecular weight excluding hydrogens is 344 g/mol. The van der Waals surface area contributed by atoms with E-state index in [9.17, 15) is 14.8 Å². The van der Waals surface area contributed by atoms with Gasteiger partial charge in [0.15, 0.2) is 0 Å². The van der Waals surface area contributed by atoms with Gasteiger partial charge >= 0.3 is 14.1 Å². The number of amides is 1. The second kappa shape index (κ2) is 8.77. The van der Waals surface area contributed by atoms with Crippen LogP contribution in [0.4, 0.5) is 0 Å². The first-order chi connectivity index (χ1) is 12.8. The van der Waals surface area contributed by atoms with Crippen LogP contribution in [-0.4, -0.2) is 92.9 Å². The number of piperazine rings is 1. The quantitative estimate of drug-likeness (QED) is 0.684. The van der Waals surface area contributed by atoms with Gasteiger partial charge in [0.1, 0.15) is 0 Å². The van der Waals surface area contributed by atoms with E-state index in [4.69, 9.17) is 0 Å². The first-order valence-corrected chi connectivity index (χ1v) is 9.98. The monoisotopic (exact) mass is 375 g/mol. The highest BCUT2D eigenvalue weighted by atomic mass is 16.2. The van der Waals surface area contributed by atoms with E-state index in [2.05, 4.69) is 9.55 Å². The maximum atomic E-state index is 13.3. The molecule has 0 saturated carbocycles. The lowest BCUT2D eigenvalue weighted by molar-refractivity contribution is -0.139. The molecule has 1 aromatic rings. The number of piperidine rings is 1. The third-order valence-electron chi connectivity index (χ3n) is 5.81. The molecule has 0 unspecified atom stereocenters. The van der Waals surface area contributed by atoms with Crippen molar-refractivity contribution in [1.29, 1.82) is 0 Å². The summed E-state index contributed by atoms with van der Waals surface area (Å²) in [6.45, 7) is 9.45. The fourth-order valence-electron chi connectivity index (χ4n) is 4.32. The molecule has 2 saturated heterocycles. The maximum Gasteiger partial charge on any atom is 0.377 e. The van der Waals surface area contributed by atoms with Crippen molar-refractivity contribution in [3.8, 4) is 0 Å². The van der Waals surface area contributed by atoms with Crippen LogP contribution in [0.5, 0.6) is 0 Å². The van der Waals surface area contributed by atoms with Gasteiger partial charge in [-0.05, 0) is 39.3 Å². The second-order valence-electron chi connectivity index (χ2n) is 8.02. The summed E-state index contributed by atoms with van der Waals surface area (Å²) in [5, 5.41) is 20.1. The number of carbonyl (C=O) groups excluding carboxylic acids is 1. The minimum Gasteiger partial charge on any atom is -0.437 e. The number of nitrogens with zero attached hydrogens (tertiary/aromatic N) is 5. The van der Waals surface area contributed by atoms with E-state index in [1.54, 1.807) is 13.6 Å². The zero-order valence-corrected chi connectivity index (χ0v) is 16.7. The van der Waals surface area contributed by atoms with E-state index >= 15 is 0 Å². The van der Waals surface area contributed by atoms with Gasteiger partial charge in [0.05, 0.1) is 18.1 Å². The lowest BCUT2D eigenvalue weighted by atomic mass is 9.78. The summed E-state index contributed by atoms with van der Waals surface area (Å²) < 4.78 is 2.10. The van der Waals surface area contributed by atoms with Gasteiger partial charge in [0, 0.05) is 45.5 Å². The summed E-state index contributed by atoms with van der Waals surface area (Å²) in [6.07, 6.45) is 5.99. The third-order valence-corrected chi connectivity index (χ3v) is 5.81. The summed E-state index contributed by atoms with van der Waals surface area (Å²) in [4.78, 5) is 23.3. The maximum absolute atomic E-state index is 13.3. The van der Waals surface area contributed by atoms with Crippen LogP contribution in [0.2, 0.25) is 13.6 Å². The minimum atomic E-state index is -0.676. The SMILES string of the molecule is CB(O)N1CCN(B(C)O)[C@@H](C(=O)N2CCC[C@H](Cn3cnc(C)c3)C2)C1. The standard InChI is InChI=1S/C17H31B2N5O3/c1-14-9-21(13-20-14)10-15-5-4-6-22(11-15)17(25)16-12-23(18(2)26)7-8-24(16)19(3)27/h9,13,15-16,26-27H,4-8,10-12H2,1-3H3/t15-,16-/m1/s1. The summed E-state index contributed by atoms with van der Waals surface area (Å²) in [7, 11) is -1.26. The number of aryl methyl sites for hydroxylation is 1. The molecule has 27 heavy (non-hydrogen) atoms. The van der Waals surface area contributed by atoms with Gasteiger partial charge in [-0.1, -0.05) is 0 Å². The fraction of sp³-hybridized carbons (Fsp3) is 0.765. The highest BCUT2D eigenvalue weighted by molar-refractivity contribution is 6.46. The lowest BCUT2D eigenvalue weighted by Crippen LogP contribution is -2.65. The van der Waals surface area contributed by atoms with Gasteiger partial charge in [-0.25, -0.2) is 4.98 Å². The highest BCUT2D eigenvalue weighted by Crippen LogP contribution is 2.22. The zero-order chi connectivity index (χ0) is 19.6. The van der Waals surface area contributed by atoms with Crippen LogP contribution in [0.25, 0.3) is 0 Å². The minimum absolute atomic E-state index is 0.0627. The molecule has 0 radical (unpaired) electrons. The van der Waals surface area contributed by atoms with Gasteiger partial charge in [-0.3, -0.25) is 4.79 Å². The Kier molecular flexibility index (Phi) is 6.62. The third kappa shape index (κ3) is 4.93. The Morgan fingerprint density at radius 1 is 1.22 bits per heavy atom. The number of rotatable bonds is 5. The predicted octanol–water partition coefficient (Wildman–Crippen LogP) is -0.363. The van der Waals surface area contributed by atoms with Crippen LogP contribution in [0.3, 0.4) is 0 Å². The Morgan fingerprint density at radius 2 is 2.00 bits per heavy atom. The molecule has 2 fully saturated rings. The van der Waals surface area contributed by atoms with Gasteiger partial charge in [-0.15, -0.1) is 0 Å². The normalized spacial score (nSPS) is 24.9. The molecule has 148 valence electrons. The van der Waals surface area contributed by atoms with Crippen LogP contribution in [0.15, 0.2) is 12.5 Å². The number of imidazole rings is 1. The van der Waals surface area contributed by atoms with Crippen molar-refractivity contribution in [1.82, 2.24) is 24.1 Å². The van der Waals surface area contributed by atoms with E-state index in [1.807, 2.05) is 34.0 Å². The lowest BCUT2D eigenvalue weighted by Gasteiger charge is -2.44. The van der Waals surface area contributed by atoms with Crippen LogP contribution in [0, 0.1) is 12.8 Å². The predicted molar refractivity (Wildman–Crippen MR) is 106 cm³/mol. The molecule has 1 aromatic heterocycles. The molecular formula is C17H31B2N5O3. The molecule has 3 heterocycles. The second-order valence-corrected chi connectivity index (χ2v) is 8.02. The Hall–Kier alpha value is -1.35. The van der Waals surface area contributed by atoms with Crippen molar-refractivity contribution in [3.63, 3.8) is 0 Å². The van der Waals surface area contributed by atoms with Crippen LogP contribution in [-0.2, 0) is 11.3 Å². The molecule has 1 amide bonds. The summed E-state index contributed by atoms with van der Waals surface area (Å²) in [6, 6.07) is -0.414. The van der Waals surface area contributed by atoms with E-state index in [0.29, 0.717) is 25.6 Å². The Bertz CT molecular complexity index is 642. The first kappa shape index (κ1) is 20.4.